The number of halogens is 3. The van der Waals surface area contributed by atoms with E-state index in [-0.39, 0.29) is 24.8 Å². The van der Waals surface area contributed by atoms with Crippen molar-refractivity contribution in [3.63, 3.8) is 0 Å². The van der Waals surface area contributed by atoms with Gasteiger partial charge in [-0.1, -0.05) is 19.8 Å². The van der Waals surface area contributed by atoms with Crippen LogP contribution in [0.1, 0.15) is 32.6 Å². The Balaban J connectivity index is 2.40. The summed E-state index contributed by atoms with van der Waals surface area (Å²) in [6, 6.07) is 0. The van der Waals surface area contributed by atoms with Crippen LogP contribution in [0, 0.1) is 5.92 Å². The minimum atomic E-state index is -4.22. The topological polar surface area (TPSA) is 20.3 Å². The zero-order chi connectivity index (χ0) is 12.2. The highest BCUT2D eigenvalue weighted by atomic mass is 19.4. The van der Waals surface area contributed by atoms with Gasteiger partial charge in [0, 0.05) is 5.92 Å². The summed E-state index contributed by atoms with van der Waals surface area (Å²) in [5, 5.41) is 0. The van der Waals surface area contributed by atoms with Crippen molar-refractivity contribution in [1.82, 2.24) is 4.90 Å². The van der Waals surface area contributed by atoms with E-state index in [9.17, 15) is 18.0 Å². The molecule has 1 aliphatic carbocycles. The van der Waals surface area contributed by atoms with Crippen molar-refractivity contribution in [2.45, 2.75) is 38.8 Å². The average Bonchev–Trinajstić information content (AvgIpc) is 2.67. The summed E-state index contributed by atoms with van der Waals surface area (Å²) in [5.74, 6) is -0.0223. The summed E-state index contributed by atoms with van der Waals surface area (Å²) >= 11 is 0. The zero-order valence-corrected chi connectivity index (χ0v) is 9.52. The van der Waals surface area contributed by atoms with Gasteiger partial charge in [-0.25, -0.2) is 0 Å². The van der Waals surface area contributed by atoms with Gasteiger partial charge >= 0.3 is 6.18 Å². The SMILES string of the molecule is CCN(CC(=O)C1CCCC1)CC(F)(F)F. The van der Waals surface area contributed by atoms with Gasteiger partial charge in [0.25, 0.3) is 0 Å². The first-order valence-corrected chi connectivity index (χ1v) is 5.74. The first-order valence-electron chi connectivity index (χ1n) is 5.74. The van der Waals surface area contributed by atoms with Crippen LogP contribution in [0.25, 0.3) is 0 Å². The highest BCUT2D eigenvalue weighted by Crippen LogP contribution is 2.26. The molecule has 0 N–H and O–H groups in total. The number of ketones is 1. The molecule has 0 atom stereocenters. The normalized spacial score (nSPS) is 18.3. The van der Waals surface area contributed by atoms with Gasteiger partial charge in [-0.05, 0) is 19.4 Å². The van der Waals surface area contributed by atoms with E-state index in [1.807, 2.05) is 0 Å². The molecule has 0 spiro atoms. The third kappa shape index (κ3) is 4.51. The maximum absolute atomic E-state index is 12.2. The summed E-state index contributed by atoms with van der Waals surface area (Å²) in [6.07, 6.45) is -0.458. The quantitative estimate of drug-likeness (QED) is 0.732. The summed E-state index contributed by atoms with van der Waals surface area (Å²) in [4.78, 5) is 12.9. The minimum absolute atomic E-state index is 0.00211. The Bertz CT molecular complexity index is 234. The van der Waals surface area contributed by atoms with Crippen LogP contribution in [-0.4, -0.2) is 36.5 Å². The van der Waals surface area contributed by atoms with Crippen LogP contribution < -0.4 is 0 Å². The number of hydrogen-bond acceptors (Lipinski definition) is 2. The highest BCUT2D eigenvalue weighted by Gasteiger charge is 2.32. The van der Waals surface area contributed by atoms with Crippen molar-refractivity contribution in [2.75, 3.05) is 19.6 Å². The summed E-state index contributed by atoms with van der Waals surface area (Å²) in [7, 11) is 0. The predicted octanol–water partition coefficient (Wildman–Crippen LogP) is 2.63. The molecule has 0 heterocycles. The second kappa shape index (κ2) is 5.66. The van der Waals surface area contributed by atoms with Crippen LogP contribution in [0.5, 0.6) is 0 Å². The van der Waals surface area contributed by atoms with Crippen molar-refractivity contribution in [2.24, 2.45) is 5.92 Å². The number of rotatable bonds is 5. The average molecular weight is 237 g/mol. The Kier molecular flexibility index (Phi) is 4.77. The van der Waals surface area contributed by atoms with Crippen LogP contribution in [0.2, 0.25) is 0 Å². The van der Waals surface area contributed by atoms with Crippen LogP contribution in [0.3, 0.4) is 0 Å². The number of alkyl halides is 3. The van der Waals surface area contributed by atoms with E-state index in [0.717, 1.165) is 25.7 Å². The molecule has 0 saturated heterocycles. The van der Waals surface area contributed by atoms with Crippen LogP contribution in [-0.2, 0) is 4.79 Å². The first-order chi connectivity index (χ1) is 7.42. The number of carbonyl (C=O) groups excluding carboxylic acids is 1. The lowest BCUT2D eigenvalue weighted by molar-refractivity contribution is -0.148. The molecule has 0 aromatic heterocycles. The first kappa shape index (κ1) is 13.5. The van der Waals surface area contributed by atoms with E-state index < -0.39 is 12.7 Å². The third-order valence-corrected chi connectivity index (χ3v) is 3.04. The molecule has 1 aliphatic rings. The molecular formula is C11H18F3NO. The van der Waals surface area contributed by atoms with E-state index in [1.54, 1.807) is 6.92 Å². The van der Waals surface area contributed by atoms with E-state index >= 15 is 0 Å². The van der Waals surface area contributed by atoms with Crippen molar-refractivity contribution in [3.05, 3.63) is 0 Å². The fourth-order valence-electron chi connectivity index (χ4n) is 2.13. The van der Waals surface area contributed by atoms with Gasteiger partial charge in [0.15, 0.2) is 0 Å². The Morgan fingerprint density at radius 3 is 2.31 bits per heavy atom. The lowest BCUT2D eigenvalue weighted by Gasteiger charge is -2.22. The van der Waals surface area contributed by atoms with E-state index in [1.165, 1.54) is 4.90 Å². The van der Waals surface area contributed by atoms with Crippen LogP contribution in [0.15, 0.2) is 0 Å². The van der Waals surface area contributed by atoms with Gasteiger partial charge in [-0.2, -0.15) is 13.2 Å². The molecule has 0 aromatic rings. The molecule has 94 valence electrons. The van der Waals surface area contributed by atoms with Gasteiger partial charge in [0.05, 0.1) is 13.1 Å². The summed E-state index contributed by atoms with van der Waals surface area (Å²) < 4.78 is 36.5. The Labute approximate surface area is 93.8 Å². The van der Waals surface area contributed by atoms with Gasteiger partial charge < -0.3 is 0 Å². The number of hydrogen-bond donors (Lipinski definition) is 0. The molecule has 1 rings (SSSR count). The second-order valence-corrected chi connectivity index (χ2v) is 4.37. The van der Waals surface area contributed by atoms with Crippen molar-refractivity contribution >= 4 is 5.78 Å². The van der Waals surface area contributed by atoms with Crippen molar-refractivity contribution in [1.29, 1.82) is 0 Å². The Hall–Kier alpha value is -0.580. The fourth-order valence-corrected chi connectivity index (χ4v) is 2.13. The predicted molar refractivity (Wildman–Crippen MR) is 55.1 cm³/mol. The lowest BCUT2D eigenvalue weighted by atomic mass is 10.0. The van der Waals surface area contributed by atoms with Gasteiger partial charge in [0.1, 0.15) is 5.78 Å². The van der Waals surface area contributed by atoms with Crippen molar-refractivity contribution < 1.29 is 18.0 Å². The lowest BCUT2D eigenvalue weighted by Crippen LogP contribution is -2.39. The molecule has 0 radical (unpaired) electrons. The van der Waals surface area contributed by atoms with Gasteiger partial charge in [-0.3, -0.25) is 9.69 Å². The third-order valence-electron chi connectivity index (χ3n) is 3.04. The summed E-state index contributed by atoms with van der Waals surface area (Å²) in [5.41, 5.74) is 0. The fraction of sp³-hybridized carbons (Fsp3) is 0.909. The van der Waals surface area contributed by atoms with E-state index in [0.29, 0.717) is 0 Å². The molecule has 0 bridgehead atoms. The number of Topliss-reactive ketones (excluding diaryl/α,β-unsaturated/α-hetero) is 1. The molecule has 0 aliphatic heterocycles. The molecule has 1 fully saturated rings. The van der Waals surface area contributed by atoms with Crippen molar-refractivity contribution in [3.8, 4) is 0 Å². The van der Waals surface area contributed by atoms with Gasteiger partial charge in [0.2, 0.25) is 0 Å². The monoisotopic (exact) mass is 237 g/mol. The second-order valence-electron chi connectivity index (χ2n) is 4.37. The molecule has 16 heavy (non-hydrogen) atoms. The number of likely N-dealkylation sites (N-methyl/N-ethyl adjacent to an activating group) is 1. The smallest absolute Gasteiger partial charge is 0.298 e. The molecule has 2 nitrogen and oxygen atoms in total. The minimum Gasteiger partial charge on any atom is -0.298 e. The molecule has 0 aromatic carbocycles. The molecule has 0 unspecified atom stereocenters. The number of nitrogens with zero attached hydrogens (tertiary/aromatic N) is 1. The zero-order valence-electron chi connectivity index (χ0n) is 9.52. The Morgan fingerprint density at radius 2 is 1.88 bits per heavy atom. The van der Waals surface area contributed by atoms with E-state index in [2.05, 4.69) is 0 Å². The Morgan fingerprint density at radius 1 is 1.31 bits per heavy atom. The van der Waals surface area contributed by atoms with E-state index in [4.69, 9.17) is 0 Å². The largest absolute Gasteiger partial charge is 0.401 e. The number of carbonyl (C=O) groups is 1. The molecule has 1 saturated carbocycles. The molecule has 0 amide bonds. The molecular weight excluding hydrogens is 219 g/mol. The van der Waals surface area contributed by atoms with Crippen LogP contribution >= 0.6 is 0 Å². The maximum Gasteiger partial charge on any atom is 0.401 e. The standard InChI is InChI=1S/C11H18F3NO/c1-2-15(8-11(12,13)14)7-10(16)9-5-3-4-6-9/h9H,2-8H2,1H3. The highest BCUT2D eigenvalue weighted by molar-refractivity contribution is 5.83. The van der Waals surface area contributed by atoms with Gasteiger partial charge in [-0.15, -0.1) is 0 Å². The summed E-state index contributed by atoms with van der Waals surface area (Å²) in [6.45, 7) is 0.869. The maximum atomic E-state index is 12.2. The van der Waals surface area contributed by atoms with Crippen LogP contribution in [0.4, 0.5) is 13.2 Å². The molecule has 5 heteroatoms.